The summed E-state index contributed by atoms with van der Waals surface area (Å²) in [4.78, 5) is 12.1. The first-order chi connectivity index (χ1) is 11.1. The van der Waals surface area contributed by atoms with Crippen LogP contribution in [0.3, 0.4) is 0 Å². The van der Waals surface area contributed by atoms with Gasteiger partial charge in [-0.05, 0) is 24.3 Å². The van der Waals surface area contributed by atoms with Crippen molar-refractivity contribution in [2.24, 2.45) is 0 Å². The third-order valence-corrected chi connectivity index (χ3v) is 3.32. The van der Waals surface area contributed by atoms with Crippen LogP contribution in [0.5, 0.6) is 0 Å². The van der Waals surface area contributed by atoms with Gasteiger partial charge in [0.1, 0.15) is 17.8 Å². The molecule has 2 heterocycles. The second kappa shape index (κ2) is 6.45. The van der Waals surface area contributed by atoms with E-state index in [2.05, 4.69) is 25.6 Å². The monoisotopic (exact) mass is 330 g/mol. The zero-order valence-electron chi connectivity index (χ0n) is 11.8. The standard InChI is InChI=1S/C15H12ClFN6/c16-13-11(6-3-7-19-13)23-15-12(18)14(20-8-21-15)22-10-5-2-1-4-9(10)17/h1-8H,18H2,(H2,20,21,22,23). The van der Waals surface area contributed by atoms with Crippen LogP contribution in [0.2, 0.25) is 5.15 Å². The molecule has 0 amide bonds. The molecular weight excluding hydrogens is 319 g/mol. The molecule has 0 radical (unpaired) electrons. The Kier molecular flexibility index (Phi) is 4.20. The van der Waals surface area contributed by atoms with Crippen LogP contribution < -0.4 is 16.4 Å². The molecule has 0 bridgehead atoms. The van der Waals surface area contributed by atoms with E-state index >= 15 is 0 Å². The number of rotatable bonds is 4. The van der Waals surface area contributed by atoms with E-state index in [1.807, 2.05) is 0 Å². The fourth-order valence-electron chi connectivity index (χ4n) is 1.89. The highest BCUT2D eigenvalue weighted by Crippen LogP contribution is 2.30. The van der Waals surface area contributed by atoms with Crippen molar-refractivity contribution in [1.82, 2.24) is 15.0 Å². The summed E-state index contributed by atoms with van der Waals surface area (Å²) in [6.07, 6.45) is 2.88. The molecule has 0 saturated heterocycles. The SMILES string of the molecule is Nc1c(Nc2ccccc2F)ncnc1Nc1cccnc1Cl. The molecular formula is C15H12ClFN6. The van der Waals surface area contributed by atoms with E-state index in [0.29, 0.717) is 11.5 Å². The molecule has 0 aliphatic carbocycles. The number of para-hydroxylation sites is 1. The molecule has 0 aliphatic rings. The molecule has 0 saturated carbocycles. The van der Waals surface area contributed by atoms with E-state index in [1.54, 1.807) is 36.5 Å². The Bertz CT molecular complexity index is 776. The summed E-state index contributed by atoms with van der Waals surface area (Å²) in [7, 11) is 0. The molecule has 3 rings (SSSR count). The number of nitrogens with two attached hydrogens (primary N) is 1. The summed E-state index contributed by atoms with van der Waals surface area (Å²) in [5.74, 6) is 0.219. The van der Waals surface area contributed by atoms with E-state index < -0.39 is 5.82 Å². The number of nitrogens with zero attached hydrogens (tertiary/aromatic N) is 3. The van der Waals surface area contributed by atoms with Crippen LogP contribution in [0.1, 0.15) is 0 Å². The maximum absolute atomic E-state index is 13.7. The highest BCUT2D eigenvalue weighted by atomic mass is 35.5. The van der Waals surface area contributed by atoms with Gasteiger partial charge in [0.25, 0.3) is 0 Å². The highest BCUT2D eigenvalue weighted by Gasteiger charge is 2.11. The maximum Gasteiger partial charge on any atom is 0.159 e. The van der Waals surface area contributed by atoms with E-state index in [-0.39, 0.29) is 22.3 Å². The van der Waals surface area contributed by atoms with Gasteiger partial charge < -0.3 is 16.4 Å². The fraction of sp³-hybridized carbons (Fsp3) is 0. The molecule has 6 nitrogen and oxygen atoms in total. The van der Waals surface area contributed by atoms with Gasteiger partial charge in [-0.15, -0.1) is 0 Å². The second-order valence-corrected chi connectivity index (χ2v) is 4.91. The van der Waals surface area contributed by atoms with Gasteiger partial charge in [0.05, 0.1) is 11.4 Å². The number of benzene rings is 1. The van der Waals surface area contributed by atoms with Crippen LogP contribution in [-0.2, 0) is 0 Å². The lowest BCUT2D eigenvalue weighted by atomic mass is 10.3. The molecule has 0 fully saturated rings. The zero-order chi connectivity index (χ0) is 16.2. The number of aromatic nitrogens is 3. The van der Waals surface area contributed by atoms with Crippen molar-refractivity contribution in [3.8, 4) is 0 Å². The predicted octanol–water partition coefficient (Wildman–Crippen LogP) is 3.73. The number of pyridine rings is 1. The van der Waals surface area contributed by atoms with Gasteiger partial charge in [-0.1, -0.05) is 23.7 Å². The molecule has 3 aromatic rings. The average molecular weight is 331 g/mol. The molecule has 2 aromatic heterocycles. The van der Waals surface area contributed by atoms with Crippen molar-refractivity contribution in [1.29, 1.82) is 0 Å². The minimum Gasteiger partial charge on any atom is -0.393 e. The molecule has 0 spiro atoms. The molecule has 8 heteroatoms. The largest absolute Gasteiger partial charge is 0.393 e. The molecule has 1 aromatic carbocycles. The van der Waals surface area contributed by atoms with Crippen LogP contribution in [-0.4, -0.2) is 15.0 Å². The molecule has 0 aliphatic heterocycles. The molecule has 116 valence electrons. The Morgan fingerprint density at radius 1 is 0.913 bits per heavy atom. The molecule has 0 unspecified atom stereocenters. The van der Waals surface area contributed by atoms with Crippen LogP contribution in [0, 0.1) is 5.82 Å². The Balaban J connectivity index is 1.90. The van der Waals surface area contributed by atoms with Crippen LogP contribution in [0.4, 0.5) is 33.1 Å². The number of halogens is 2. The van der Waals surface area contributed by atoms with Gasteiger partial charge in [-0.2, -0.15) is 0 Å². The third kappa shape index (κ3) is 3.29. The van der Waals surface area contributed by atoms with Crippen molar-refractivity contribution in [2.45, 2.75) is 0 Å². The van der Waals surface area contributed by atoms with Crippen molar-refractivity contribution < 1.29 is 4.39 Å². The molecule has 0 atom stereocenters. The summed E-state index contributed by atoms with van der Waals surface area (Å²) < 4.78 is 13.7. The van der Waals surface area contributed by atoms with Gasteiger partial charge in [-0.25, -0.2) is 19.3 Å². The van der Waals surface area contributed by atoms with E-state index in [9.17, 15) is 4.39 Å². The summed E-state index contributed by atoms with van der Waals surface area (Å²) >= 11 is 5.99. The lowest BCUT2D eigenvalue weighted by Crippen LogP contribution is -2.06. The van der Waals surface area contributed by atoms with E-state index in [4.69, 9.17) is 17.3 Å². The van der Waals surface area contributed by atoms with Crippen LogP contribution >= 0.6 is 11.6 Å². The van der Waals surface area contributed by atoms with Crippen molar-refractivity contribution in [2.75, 3.05) is 16.4 Å². The second-order valence-electron chi connectivity index (χ2n) is 4.56. The minimum atomic E-state index is -0.407. The van der Waals surface area contributed by atoms with Crippen molar-refractivity contribution >= 4 is 40.3 Å². The van der Waals surface area contributed by atoms with Gasteiger partial charge in [0.15, 0.2) is 16.8 Å². The van der Waals surface area contributed by atoms with E-state index in [1.165, 1.54) is 12.4 Å². The first-order valence-corrected chi connectivity index (χ1v) is 7.02. The summed E-state index contributed by atoms with van der Waals surface area (Å²) in [6, 6.07) is 9.69. The lowest BCUT2D eigenvalue weighted by Gasteiger charge is -2.13. The van der Waals surface area contributed by atoms with E-state index in [0.717, 1.165) is 0 Å². The number of hydrogen-bond donors (Lipinski definition) is 3. The first-order valence-electron chi connectivity index (χ1n) is 6.64. The Labute approximate surface area is 136 Å². The van der Waals surface area contributed by atoms with Gasteiger partial charge in [0.2, 0.25) is 0 Å². The Morgan fingerprint density at radius 3 is 2.26 bits per heavy atom. The van der Waals surface area contributed by atoms with Crippen molar-refractivity contribution in [3.05, 3.63) is 59.9 Å². The number of anilines is 5. The lowest BCUT2D eigenvalue weighted by molar-refractivity contribution is 0.632. The maximum atomic E-state index is 13.7. The third-order valence-electron chi connectivity index (χ3n) is 3.02. The Morgan fingerprint density at radius 2 is 1.57 bits per heavy atom. The number of nitrogens with one attached hydrogen (secondary N) is 2. The average Bonchev–Trinajstić information content (AvgIpc) is 2.55. The quantitative estimate of drug-likeness (QED) is 0.632. The summed E-state index contributed by atoms with van der Waals surface area (Å²) in [5.41, 5.74) is 7.09. The smallest absolute Gasteiger partial charge is 0.159 e. The normalized spacial score (nSPS) is 10.3. The summed E-state index contributed by atoms with van der Waals surface area (Å²) in [5, 5.41) is 6.10. The van der Waals surface area contributed by atoms with Gasteiger partial charge in [-0.3, -0.25) is 0 Å². The van der Waals surface area contributed by atoms with Gasteiger partial charge in [0, 0.05) is 6.20 Å². The van der Waals surface area contributed by atoms with Gasteiger partial charge >= 0.3 is 0 Å². The predicted molar refractivity (Wildman–Crippen MR) is 88.7 cm³/mol. The Hall–Kier alpha value is -2.93. The molecule has 23 heavy (non-hydrogen) atoms. The zero-order valence-corrected chi connectivity index (χ0v) is 12.5. The van der Waals surface area contributed by atoms with Crippen LogP contribution in [0.15, 0.2) is 48.9 Å². The van der Waals surface area contributed by atoms with Crippen LogP contribution in [0.25, 0.3) is 0 Å². The molecule has 4 N–H and O–H groups in total. The number of nitrogen functional groups attached to an aromatic ring is 1. The highest BCUT2D eigenvalue weighted by molar-refractivity contribution is 6.32. The van der Waals surface area contributed by atoms with Crippen molar-refractivity contribution in [3.63, 3.8) is 0 Å². The topological polar surface area (TPSA) is 88.8 Å². The summed E-state index contributed by atoms with van der Waals surface area (Å²) in [6.45, 7) is 0. The first kappa shape index (κ1) is 15.0. The number of hydrogen-bond acceptors (Lipinski definition) is 6. The minimum absolute atomic E-state index is 0.232. The fourth-order valence-corrected chi connectivity index (χ4v) is 2.06.